The van der Waals surface area contributed by atoms with Gasteiger partial charge in [-0.15, -0.1) is 0 Å². The average Bonchev–Trinajstić information content (AvgIpc) is 3.16. The van der Waals surface area contributed by atoms with E-state index in [1.54, 1.807) is 7.11 Å². The van der Waals surface area contributed by atoms with Crippen LogP contribution in [0, 0.1) is 23.7 Å². The molecule has 0 aliphatic heterocycles. The highest BCUT2D eigenvalue weighted by molar-refractivity contribution is 5.86. The van der Waals surface area contributed by atoms with Gasteiger partial charge in [0.1, 0.15) is 5.75 Å². The lowest BCUT2D eigenvalue weighted by atomic mass is 9.82. The Balaban J connectivity index is 1.54. The maximum Gasteiger partial charge on any atom is 0.307 e. The quantitative estimate of drug-likeness (QED) is 0.786. The number of nitrogens with one attached hydrogen (secondary N) is 1. The maximum atomic E-state index is 12.4. The highest BCUT2D eigenvalue weighted by Gasteiger charge is 2.51. The first-order valence-corrected chi connectivity index (χ1v) is 7.92. The molecule has 0 aromatic heterocycles. The van der Waals surface area contributed by atoms with E-state index in [-0.39, 0.29) is 17.7 Å². The van der Waals surface area contributed by atoms with Crippen LogP contribution >= 0.6 is 0 Å². The molecule has 2 aliphatic carbocycles. The van der Waals surface area contributed by atoms with Gasteiger partial charge in [-0.05, 0) is 42.4 Å². The summed E-state index contributed by atoms with van der Waals surface area (Å²) >= 11 is 0. The summed E-state index contributed by atoms with van der Waals surface area (Å²) in [4.78, 5) is 23.8. The lowest BCUT2D eigenvalue weighted by Gasteiger charge is -2.23. The molecule has 0 saturated heterocycles. The number of rotatable bonds is 6. The molecule has 2 N–H and O–H groups in total. The summed E-state index contributed by atoms with van der Waals surface area (Å²) in [7, 11) is 1.62. The van der Waals surface area contributed by atoms with E-state index < -0.39 is 17.8 Å². The van der Waals surface area contributed by atoms with Crippen LogP contribution in [0.4, 0.5) is 0 Å². The van der Waals surface area contributed by atoms with Crippen molar-refractivity contribution in [3.63, 3.8) is 0 Å². The third kappa shape index (κ3) is 3.09. The first-order valence-electron chi connectivity index (χ1n) is 7.92. The largest absolute Gasteiger partial charge is 0.497 e. The van der Waals surface area contributed by atoms with Gasteiger partial charge >= 0.3 is 5.97 Å². The Bertz CT molecular complexity index is 622. The van der Waals surface area contributed by atoms with Gasteiger partial charge in [-0.3, -0.25) is 9.59 Å². The van der Waals surface area contributed by atoms with Crippen LogP contribution < -0.4 is 10.1 Å². The van der Waals surface area contributed by atoms with Gasteiger partial charge in [-0.2, -0.15) is 0 Å². The van der Waals surface area contributed by atoms with Gasteiger partial charge in [-0.25, -0.2) is 0 Å². The topological polar surface area (TPSA) is 75.6 Å². The number of benzene rings is 1. The molecule has 1 fully saturated rings. The van der Waals surface area contributed by atoms with Crippen molar-refractivity contribution in [1.82, 2.24) is 5.32 Å². The van der Waals surface area contributed by atoms with Crippen molar-refractivity contribution in [2.45, 2.75) is 12.8 Å². The van der Waals surface area contributed by atoms with Crippen LogP contribution in [0.1, 0.15) is 12.0 Å². The molecule has 5 heteroatoms. The summed E-state index contributed by atoms with van der Waals surface area (Å²) in [5.41, 5.74) is 1.11. The molecule has 1 saturated carbocycles. The Labute approximate surface area is 135 Å². The Hall–Kier alpha value is -2.30. The summed E-state index contributed by atoms with van der Waals surface area (Å²) < 4.78 is 5.11. The summed E-state index contributed by atoms with van der Waals surface area (Å²) in [5, 5.41) is 12.3. The number of carboxylic acid groups (broad SMARTS) is 1. The first-order chi connectivity index (χ1) is 11.1. The molecule has 1 aromatic carbocycles. The minimum absolute atomic E-state index is 0.00911. The fourth-order valence-electron chi connectivity index (χ4n) is 3.76. The Morgan fingerprint density at radius 3 is 2.43 bits per heavy atom. The number of methoxy groups -OCH3 is 1. The molecule has 1 aromatic rings. The summed E-state index contributed by atoms with van der Waals surface area (Å²) in [6.45, 7) is 0.509. The molecular formula is C18H21NO4. The van der Waals surface area contributed by atoms with Crippen LogP contribution in [0.3, 0.4) is 0 Å². The van der Waals surface area contributed by atoms with E-state index in [1.807, 2.05) is 36.4 Å². The fourth-order valence-corrected chi connectivity index (χ4v) is 3.76. The Kier molecular flexibility index (Phi) is 4.37. The number of allylic oxidation sites excluding steroid dienone is 2. The molecule has 2 bridgehead atoms. The van der Waals surface area contributed by atoms with Crippen LogP contribution in [0.5, 0.6) is 5.75 Å². The number of ether oxygens (including phenoxy) is 1. The molecule has 3 rings (SSSR count). The van der Waals surface area contributed by atoms with Crippen molar-refractivity contribution in [2.24, 2.45) is 23.7 Å². The average molecular weight is 315 g/mol. The molecule has 122 valence electrons. The monoisotopic (exact) mass is 315 g/mol. The smallest absolute Gasteiger partial charge is 0.307 e. The van der Waals surface area contributed by atoms with Gasteiger partial charge in [0, 0.05) is 6.54 Å². The maximum absolute atomic E-state index is 12.4. The van der Waals surface area contributed by atoms with E-state index in [2.05, 4.69) is 5.32 Å². The fraction of sp³-hybridized carbons (Fsp3) is 0.444. The minimum Gasteiger partial charge on any atom is -0.497 e. The van der Waals surface area contributed by atoms with Crippen molar-refractivity contribution in [3.05, 3.63) is 42.0 Å². The van der Waals surface area contributed by atoms with E-state index in [0.717, 1.165) is 17.7 Å². The van der Waals surface area contributed by atoms with Gasteiger partial charge in [0.25, 0.3) is 0 Å². The third-order valence-electron chi connectivity index (χ3n) is 4.92. The molecule has 1 amide bonds. The zero-order valence-electron chi connectivity index (χ0n) is 13.1. The standard InChI is InChI=1S/C18H21NO4/c1-23-14-6-2-11(3-7-14)8-9-19-17(20)15-12-4-5-13(10-12)16(15)18(21)22/h2-7,12-13,15-16H,8-10H2,1H3,(H,19,20)(H,21,22)/t12-,13-,15+,16+/m0/s1. The Morgan fingerprint density at radius 2 is 1.83 bits per heavy atom. The normalized spacial score (nSPS) is 27.9. The minimum atomic E-state index is -0.864. The highest BCUT2D eigenvalue weighted by atomic mass is 16.5. The van der Waals surface area contributed by atoms with Crippen LogP contribution in [-0.4, -0.2) is 30.6 Å². The molecule has 0 heterocycles. The van der Waals surface area contributed by atoms with Crippen molar-refractivity contribution >= 4 is 11.9 Å². The zero-order valence-corrected chi connectivity index (χ0v) is 13.1. The van der Waals surface area contributed by atoms with E-state index in [1.165, 1.54) is 0 Å². The molecule has 0 spiro atoms. The lowest BCUT2D eigenvalue weighted by Crippen LogP contribution is -2.40. The molecule has 0 radical (unpaired) electrons. The molecule has 0 unspecified atom stereocenters. The number of carbonyl (C=O) groups is 2. The molecule has 23 heavy (non-hydrogen) atoms. The van der Waals surface area contributed by atoms with Crippen molar-refractivity contribution in [3.8, 4) is 5.75 Å². The SMILES string of the molecule is COc1ccc(CCNC(=O)[C@H]2[C@H](C(=O)O)[C@H]3C=C[C@H]2C3)cc1. The number of fused-ring (bicyclic) bond motifs is 2. The first kappa shape index (κ1) is 15.6. The van der Waals surface area contributed by atoms with E-state index in [0.29, 0.717) is 13.0 Å². The number of hydrogen-bond donors (Lipinski definition) is 2. The summed E-state index contributed by atoms with van der Waals surface area (Å²) in [6, 6.07) is 7.70. The summed E-state index contributed by atoms with van der Waals surface area (Å²) in [6.07, 6.45) is 5.44. The number of carbonyl (C=O) groups excluding carboxylic acids is 1. The zero-order chi connectivity index (χ0) is 16.4. The molecule has 5 nitrogen and oxygen atoms in total. The Morgan fingerprint density at radius 1 is 1.17 bits per heavy atom. The molecule has 2 aliphatic rings. The van der Waals surface area contributed by atoms with E-state index in [4.69, 9.17) is 4.74 Å². The second kappa shape index (κ2) is 6.44. The lowest BCUT2D eigenvalue weighted by molar-refractivity contribution is -0.147. The van der Waals surface area contributed by atoms with Crippen LogP contribution in [0.25, 0.3) is 0 Å². The van der Waals surface area contributed by atoms with Crippen molar-refractivity contribution in [2.75, 3.05) is 13.7 Å². The predicted octanol–water partition coefficient (Wildman–Crippen LogP) is 1.88. The van der Waals surface area contributed by atoms with Crippen molar-refractivity contribution < 1.29 is 19.4 Å². The number of aliphatic carboxylic acids is 1. The van der Waals surface area contributed by atoms with Gasteiger partial charge in [-0.1, -0.05) is 24.3 Å². The van der Waals surface area contributed by atoms with Crippen molar-refractivity contribution in [1.29, 1.82) is 0 Å². The van der Waals surface area contributed by atoms with E-state index in [9.17, 15) is 14.7 Å². The molecule has 4 atom stereocenters. The van der Waals surface area contributed by atoms with Gasteiger partial charge in [0.05, 0.1) is 18.9 Å². The third-order valence-corrected chi connectivity index (χ3v) is 4.92. The van der Waals surface area contributed by atoms with E-state index >= 15 is 0 Å². The second-order valence-corrected chi connectivity index (χ2v) is 6.23. The van der Waals surface area contributed by atoms with Crippen LogP contribution in [-0.2, 0) is 16.0 Å². The van der Waals surface area contributed by atoms with Gasteiger partial charge in [0.15, 0.2) is 0 Å². The summed E-state index contributed by atoms with van der Waals surface area (Å²) in [5.74, 6) is -1.13. The predicted molar refractivity (Wildman–Crippen MR) is 85.1 cm³/mol. The van der Waals surface area contributed by atoms with Crippen LogP contribution in [0.15, 0.2) is 36.4 Å². The number of hydrogen-bond acceptors (Lipinski definition) is 3. The van der Waals surface area contributed by atoms with Gasteiger partial charge < -0.3 is 15.2 Å². The number of carboxylic acids is 1. The molecular weight excluding hydrogens is 294 g/mol. The second-order valence-electron chi connectivity index (χ2n) is 6.23. The van der Waals surface area contributed by atoms with Crippen LogP contribution in [0.2, 0.25) is 0 Å². The highest BCUT2D eigenvalue weighted by Crippen LogP contribution is 2.48. The number of amides is 1. The van der Waals surface area contributed by atoms with Gasteiger partial charge in [0.2, 0.25) is 5.91 Å².